The van der Waals surface area contributed by atoms with Gasteiger partial charge in [0.2, 0.25) is 0 Å². The molecule has 2 rings (SSSR count). The summed E-state index contributed by atoms with van der Waals surface area (Å²) in [6.45, 7) is 0. The standard InChI is InChI=1S/C16H24O4/c17-13-10-6-2-5-9-12(13)15(18)14(16(19)20)11-7-3-1-4-8-11/h11-12,14H,1-10H2,(H,19,20). The number of aliphatic carboxylic acids is 1. The van der Waals surface area contributed by atoms with Gasteiger partial charge in [0.15, 0.2) is 5.78 Å². The summed E-state index contributed by atoms with van der Waals surface area (Å²) in [5, 5.41) is 9.45. The Balaban J connectivity index is 2.12. The van der Waals surface area contributed by atoms with Crippen molar-refractivity contribution in [3.05, 3.63) is 0 Å². The Labute approximate surface area is 119 Å². The number of rotatable bonds is 4. The van der Waals surface area contributed by atoms with Crippen LogP contribution in [0.3, 0.4) is 0 Å². The van der Waals surface area contributed by atoms with Crippen molar-refractivity contribution in [1.29, 1.82) is 0 Å². The minimum atomic E-state index is -1.03. The zero-order valence-electron chi connectivity index (χ0n) is 12.0. The molecule has 2 atom stereocenters. The number of ketones is 2. The van der Waals surface area contributed by atoms with E-state index in [4.69, 9.17) is 0 Å². The van der Waals surface area contributed by atoms with Gasteiger partial charge >= 0.3 is 5.97 Å². The molecule has 0 spiro atoms. The number of carboxylic acids is 1. The van der Waals surface area contributed by atoms with Crippen molar-refractivity contribution >= 4 is 17.5 Å². The van der Waals surface area contributed by atoms with Crippen LogP contribution in [0.1, 0.15) is 64.2 Å². The van der Waals surface area contributed by atoms with Gasteiger partial charge in [0, 0.05) is 6.42 Å². The maximum Gasteiger partial charge on any atom is 0.314 e. The fraction of sp³-hybridized carbons (Fsp3) is 0.812. The first-order valence-electron chi connectivity index (χ1n) is 7.90. The SMILES string of the molecule is O=C1CCCCCC1C(=O)C(C(=O)O)C1CCCCC1. The summed E-state index contributed by atoms with van der Waals surface area (Å²) in [6, 6.07) is 0. The summed E-state index contributed by atoms with van der Waals surface area (Å²) in [5.74, 6) is -3.04. The maximum atomic E-state index is 12.6. The van der Waals surface area contributed by atoms with Crippen LogP contribution in [0.4, 0.5) is 0 Å². The summed E-state index contributed by atoms with van der Waals surface area (Å²) >= 11 is 0. The molecule has 0 aromatic rings. The second-order valence-electron chi connectivity index (χ2n) is 6.23. The molecule has 2 fully saturated rings. The average molecular weight is 280 g/mol. The van der Waals surface area contributed by atoms with Crippen molar-refractivity contribution in [1.82, 2.24) is 0 Å². The van der Waals surface area contributed by atoms with E-state index in [0.717, 1.165) is 51.4 Å². The lowest BCUT2D eigenvalue weighted by atomic mass is 9.74. The van der Waals surface area contributed by atoms with Gasteiger partial charge in [0.1, 0.15) is 11.7 Å². The van der Waals surface area contributed by atoms with Crippen molar-refractivity contribution in [2.45, 2.75) is 64.2 Å². The molecule has 4 heteroatoms. The lowest BCUT2D eigenvalue weighted by molar-refractivity contribution is -0.151. The van der Waals surface area contributed by atoms with Crippen LogP contribution in [0.15, 0.2) is 0 Å². The van der Waals surface area contributed by atoms with Crippen LogP contribution >= 0.6 is 0 Å². The van der Waals surface area contributed by atoms with Gasteiger partial charge in [-0.15, -0.1) is 0 Å². The molecule has 0 aromatic heterocycles. The smallest absolute Gasteiger partial charge is 0.314 e. The van der Waals surface area contributed by atoms with E-state index in [1.807, 2.05) is 0 Å². The Hall–Kier alpha value is -1.19. The molecule has 0 radical (unpaired) electrons. The third kappa shape index (κ3) is 3.47. The van der Waals surface area contributed by atoms with Gasteiger partial charge in [-0.05, 0) is 31.6 Å². The molecule has 0 amide bonds. The molecule has 2 unspecified atom stereocenters. The molecule has 1 N–H and O–H groups in total. The predicted octanol–water partition coefficient (Wildman–Crippen LogP) is 2.99. The number of hydrogen-bond donors (Lipinski definition) is 1. The van der Waals surface area contributed by atoms with E-state index in [1.165, 1.54) is 0 Å². The molecule has 4 nitrogen and oxygen atoms in total. The maximum absolute atomic E-state index is 12.6. The van der Waals surface area contributed by atoms with Crippen molar-refractivity contribution in [3.63, 3.8) is 0 Å². The van der Waals surface area contributed by atoms with E-state index >= 15 is 0 Å². The number of carbonyl (C=O) groups is 3. The molecule has 0 bridgehead atoms. The normalized spacial score (nSPS) is 26.8. The highest BCUT2D eigenvalue weighted by atomic mass is 16.4. The summed E-state index contributed by atoms with van der Waals surface area (Å²) < 4.78 is 0. The van der Waals surface area contributed by atoms with E-state index in [-0.39, 0.29) is 17.5 Å². The predicted molar refractivity (Wildman–Crippen MR) is 74.3 cm³/mol. The first-order chi connectivity index (χ1) is 9.61. The van der Waals surface area contributed by atoms with Crippen molar-refractivity contribution in [2.75, 3.05) is 0 Å². The van der Waals surface area contributed by atoms with Gasteiger partial charge in [-0.1, -0.05) is 32.1 Å². The van der Waals surface area contributed by atoms with Crippen molar-refractivity contribution in [3.8, 4) is 0 Å². The third-order valence-electron chi connectivity index (χ3n) is 4.84. The second-order valence-corrected chi connectivity index (χ2v) is 6.23. The number of carboxylic acid groups (broad SMARTS) is 1. The summed E-state index contributed by atoms with van der Waals surface area (Å²) in [4.78, 5) is 36.2. The monoisotopic (exact) mass is 280 g/mol. The van der Waals surface area contributed by atoms with Crippen LogP contribution in [0.5, 0.6) is 0 Å². The highest BCUT2D eigenvalue weighted by Gasteiger charge is 2.41. The molecule has 2 saturated carbocycles. The fourth-order valence-corrected chi connectivity index (χ4v) is 3.70. The number of hydrogen-bond acceptors (Lipinski definition) is 3. The van der Waals surface area contributed by atoms with Crippen LogP contribution in [0.2, 0.25) is 0 Å². The Morgan fingerprint density at radius 1 is 0.950 bits per heavy atom. The fourth-order valence-electron chi connectivity index (χ4n) is 3.70. The highest BCUT2D eigenvalue weighted by molar-refractivity contribution is 6.10. The largest absolute Gasteiger partial charge is 0.481 e. The van der Waals surface area contributed by atoms with Crippen LogP contribution in [0, 0.1) is 17.8 Å². The summed E-state index contributed by atoms with van der Waals surface area (Å²) in [7, 11) is 0. The molecule has 0 heterocycles. The average Bonchev–Trinajstić information content (AvgIpc) is 2.64. The lowest BCUT2D eigenvalue weighted by Crippen LogP contribution is -2.39. The van der Waals surface area contributed by atoms with E-state index in [9.17, 15) is 19.5 Å². The van der Waals surface area contributed by atoms with Crippen LogP contribution in [-0.2, 0) is 14.4 Å². The Kier molecular flexibility index (Phi) is 5.32. The molecule has 20 heavy (non-hydrogen) atoms. The number of Topliss-reactive ketones (excluding diaryl/α,β-unsaturated/α-hetero) is 2. The molecule has 112 valence electrons. The minimum Gasteiger partial charge on any atom is -0.481 e. The van der Waals surface area contributed by atoms with Crippen molar-refractivity contribution in [2.24, 2.45) is 17.8 Å². The van der Waals surface area contributed by atoms with E-state index in [1.54, 1.807) is 0 Å². The molecule has 2 aliphatic carbocycles. The van der Waals surface area contributed by atoms with Gasteiger partial charge in [0.05, 0.1) is 5.92 Å². The highest BCUT2D eigenvalue weighted by Crippen LogP contribution is 2.34. The minimum absolute atomic E-state index is 0.0328. The Morgan fingerprint density at radius 2 is 1.55 bits per heavy atom. The van der Waals surface area contributed by atoms with Crippen LogP contribution in [0.25, 0.3) is 0 Å². The van der Waals surface area contributed by atoms with Gasteiger partial charge in [-0.3, -0.25) is 14.4 Å². The van der Waals surface area contributed by atoms with Crippen molar-refractivity contribution < 1.29 is 19.5 Å². The molecule has 0 aromatic carbocycles. The molecule has 0 saturated heterocycles. The first kappa shape index (κ1) is 15.2. The Morgan fingerprint density at radius 3 is 2.20 bits per heavy atom. The summed E-state index contributed by atoms with van der Waals surface area (Å²) in [5.41, 5.74) is 0. The van der Waals surface area contributed by atoms with Gasteiger partial charge in [-0.2, -0.15) is 0 Å². The third-order valence-corrected chi connectivity index (χ3v) is 4.84. The zero-order chi connectivity index (χ0) is 14.5. The van der Waals surface area contributed by atoms with E-state index < -0.39 is 17.8 Å². The number of carbonyl (C=O) groups excluding carboxylic acids is 2. The first-order valence-corrected chi connectivity index (χ1v) is 7.90. The Bertz CT molecular complexity index is 382. The van der Waals surface area contributed by atoms with Crippen LogP contribution < -0.4 is 0 Å². The van der Waals surface area contributed by atoms with Gasteiger partial charge < -0.3 is 5.11 Å². The van der Waals surface area contributed by atoms with Gasteiger partial charge in [-0.25, -0.2) is 0 Å². The van der Waals surface area contributed by atoms with Gasteiger partial charge in [0.25, 0.3) is 0 Å². The van der Waals surface area contributed by atoms with Crippen LogP contribution in [-0.4, -0.2) is 22.6 Å². The second kappa shape index (κ2) is 7.00. The quantitative estimate of drug-likeness (QED) is 0.634. The van der Waals surface area contributed by atoms with E-state index in [0.29, 0.717) is 12.8 Å². The molecule has 0 aliphatic heterocycles. The summed E-state index contributed by atoms with van der Waals surface area (Å²) in [6.07, 6.45) is 8.40. The lowest BCUT2D eigenvalue weighted by Gasteiger charge is -2.28. The molecule has 2 aliphatic rings. The van der Waals surface area contributed by atoms with E-state index in [2.05, 4.69) is 0 Å². The zero-order valence-corrected chi connectivity index (χ0v) is 12.0. The topological polar surface area (TPSA) is 71.4 Å². The molecular formula is C16H24O4. The molecular weight excluding hydrogens is 256 g/mol.